The van der Waals surface area contributed by atoms with Crippen LogP contribution in [0, 0.1) is 22.5 Å². The van der Waals surface area contributed by atoms with Crippen molar-refractivity contribution in [3.05, 3.63) is 64.0 Å². The highest BCUT2D eigenvalue weighted by atomic mass is 32.2. The molecule has 0 bridgehead atoms. The van der Waals surface area contributed by atoms with E-state index in [1.54, 1.807) is 38.1 Å². The van der Waals surface area contributed by atoms with Crippen LogP contribution >= 0.6 is 0 Å². The van der Waals surface area contributed by atoms with E-state index in [0.717, 1.165) is 9.54 Å². The van der Waals surface area contributed by atoms with Gasteiger partial charge in [0.2, 0.25) is 6.04 Å². The topological polar surface area (TPSA) is 99.3 Å². The summed E-state index contributed by atoms with van der Waals surface area (Å²) in [4.78, 5) is 22.8. The molecule has 2 rings (SSSR count). The van der Waals surface area contributed by atoms with Crippen LogP contribution in [0.3, 0.4) is 0 Å². The predicted octanol–water partition coefficient (Wildman–Crippen LogP) is 3.23. The van der Waals surface area contributed by atoms with Gasteiger partial charge in [-0.3, -0.25) is 10.1 Å². The van der Waals surface area contributed by atoms with Crippen molar-refractivity contribution in [2.45, 2.75) is 51.5 Å². The molecule has 1 aromatic heterocycles. The normalized spacial score (nSPS) is 13.3. The number of carbonyl (C=O) groups is 1. The number of rotatable bonds is 8. The number of benzene rings is 1. The lowest BCUT2D eigenvalue weighted by Crippen LogP contribution is -2.40. The number of Topliss-reactive ketones (excluding diaryl/α,β-unsaturated/α-hetero) is 1. The van der Waals surface area contributed by atoms with E-state index in [9.17, 15) is 23.3 Å². The second kappa shape index (κ2) is 7.64. The minimum Gasteiger partial charge on any atom is -0.300 e. The molecule has 0 amide bonds. The fourth-order valence-electron chi connectivity index (χ4n) is 3.21. The van der Waals surface area contributed by atoms with Crippen molar-refractivity contribution >= 4 is 15.8 Å². The summed E-state index contributed by atoms with van der Waals surface area (Å²) in [6, 6.07) is 8.45. The Kier molecular flexibility index (Phi) is 5.89. The summed E-state index contributed by atoms with van der Waals surface area (Å²) in [5.74, 6) is -0.144. The van der Waals surface area contributed by atoms with E-state index in [1.165, 1.54) is 25.3 Å². The van der Waals surface area contributed by atoms with E-state index in [-0.39, 0.29) is 23.5 Å². The van der Waals surface area contributed by atoms with Gasteiger partial charge in [-0.1, -0.05) is 31.5 Å². The van der Waals surface area contributed by atoms with E-state index in [2.05, 4.69) is 0 Å². The molecule has 0 aliphatic rings. The molecule has 0 aliphatic carbocycles. The van der Waals surface area contributed by atoms with Gasteiger partial charge in [0, 0.05) is 28.6 Å². The molecule has 146 valence electrons. The van der Waals surface area contributed by atoms with Gasteiger partial charge < -0.3 is 4.79 Å². The van der Waals surface area contributed by atoms with Gasteiger partial charge in [0.15, 0.2) is 0 Å². The summed E-state index contributed by atoms with van der Waals surface area (Å²) in [6.45, 7) is 6.56. The van der Waals surface area contributed by atoms with E-state index in [1.807, 2.05) is 6.92 Å². The molecule has 0 spiro atoms. The van der Waals surface area contributed by atoms with E-state index >= 15 is 0 Å². The molecule has 0 aliphatic heterocycles. The van der Waals surface area contributed by atoms with Gasteiger partial charge in [0.1, 0.15) is 5.78 Å². The monoisotopic (exact) mass is 392 g/mol. The number of nitrogens with zero attached hydrogens (tertiary/aromatic N) is 2. The molecular weight excluding hydrogens is 368 g/mol. The lowest BCUT2D eigenvalue weighted by molar-refractivity contribution is -0.540. The Morgan fingerprint density at radius 1 is 1.22 bits per heavy atom. The first-order valence-corrected chi connectivity index (χ1v) is 10.0. The molecule has 1 atom stereocenters. The first-order valence-electron chi connectivity index (χ1n) is 8.56. The summed E-state index contributed by atoms with van der Waals surface area (Å²) < 4.78 is 27.0. The maximum Gasteiger partial charge on any atom is 0.267 e. The lowest BCUT2D eigenvalue weighted by atomic mass is 9.78. The molecule has 7 nitrogen and oxygen atoms in total. The third kappa shape index (κ3) is 4.63. The second-order valence-electron chi connectivity index (χ2n) is 7.49. The molecule has 1 unspecified atom stereocenters. The van der Waals surface area contributed by atoms with Gasteiger partial charge in [0.25, 0.3) is 10.0 Å². The van der Waals surface area contributed by atoms with Gasteiger partial charge in [-0.25, -0.2) is 12.4 Å². The molecule has 0 saturated carbocycles. The molecule has 0 saturated heterocycles. The van der Waals surface area contributed by atoms with Crippen LogP contribution in [0.5, 0.6) is 0 Å². The number of hydrogen-bond donors (Lipinski definition) is 0. The third-order valence-corrected chi connectivity index (χ3v) is 6.38. The summed E-state index contributed by atoms with van der Waals surface area (Å²) in [7, 11) is -3.86. The molecule has 2 aromatic rings. The minimum absolute atomic E-state index is 0.0457. The number of carbonyl (C=O) groups excluding carboxylic acids is 1. The van der Waals surface area contributed by atoms with Crippen LogP contribution in [0.4, 0.5) is 0 Å². The highest BCUT2D eigenvalue weighted by Crippen LogP contribution is 2.31. The van der Waals surface area contributed by atoms with Crippen LogP contribution in [0.25, 0.3) is 0 Å². The van der Waals surface area contributed by atoms with Crippen LogP contribution in [0.2, 0.25) is 0 Å². The fourth-order valence-corrected chi connectivity index (χ4v) is 4.59. The Hall–Kier alpha value is -2.48. The average Bonchev–Trinajstić information content (AvgIpc) is 3.00. The van der Waals surface area contributed by atoms with Gasteiger partial charge in [-0.15, -0.1) is 0 Å². The molecule has 8 heteroatoms. The number of hydrogen-bond acceptors (Lipinski definition) is 5. The number of nitro groups is 1. The standard InChI is InChI=1S/C19H24N2O5S/c1-14-7-9-17(10-8-14)27(25,26)20-11-5-6-16(20)12-18(21(23)24)19(3,4)13-15(2)22/h5-11,18H,12-13H2,1-4H3. The lowest BCUT2D eigenvalue weighted by Gasteiger charge is -2.27. The van der Waals surface area contributed by atoms with E-state index in [4.69, 9.17) is 0 Å². The summed E-state index contributed by atoms with van der Waals surface area (Å²) in [5, 5.41) is 11.7. The highest BCUT2D eigenvalue weighted by Gasteiger charge is 2.41. The Bertz CT molecular complexity index is 943. The van der Waals surface area contributed by atoms with Crippen molar-refractivity contribution in [2.75, 3.05) is 0 Å². The van der Waals surface area contributed by atoms with Crippen molar-refractivity contribution in [1.82, 2.24) is 3.97 Å². The quantitative estimate of drug-likeness (QED) is 0.507. The van der Waals surface area contributed by atoms with Gasteiger partial charge >= 0.3 is 0 Å². The zero-order chi connectivity index (χ0) is 20.4. The van der Waals surface area contributed by atoms with Crippen LogP contribution in [0.1, 0.15) is 38.4 Å². The van der Waals surface area contributed by atoms with Gasteiger partial charge in [-0.05, 0) is 38.1 Å². The van der Waals surface area contributed by atoms with Crippen LogP contribution in [-0.2, 0) is 21.2 Å². The molecule has 0 fully saturated rings. The molecule has 0 N–H and O–H groups in total. The van der Waals surface area contributed by atoms with Crippen LogP contribution in [-0.4, -0.2) is 29.1 Å². The van der Waals surface area contributed by atoms with Gasteiger partial charge in [0.05, 0.1) is 11.3 Å². The molecule has 1 heterocycles. The Morgan fingerprint density at radius 3 is 2.33 bits per heavy atom. The Labute approximate surface area is 159 Å². The van der Waals surface area contributed by atoms with Crippen molar-refractivity contribution in [1.29, 1.82) is 0 Å². The highest BCUT2D eigenvalue weighted by molar-refractivity contribution is 7.90. The maximum absolute atomic E-state index is 12.9. The first kappa shape index (κ1) is 20.8. The minimum atomic E-state index is -3.86. The average molecular weight is 392 g/mol. The van der Waals surface area contributed by atoms with Crippen molar-refractivity contribution in [3.8, 4) is 0 Å². The maximum atomic E-state index is 12.9. The smallest absolute Gasteiger partial charge is 0.267 e. The van der Waals surface area contributed by atoms with E-state index < -0.39 is 26.4 Å². The molecular formula is C19H24N2O5S. The molecule has 0 radical (unpaired) electrons. The SMILES string of the molecule is CC(=O)CC(C)(C)C(Cc1cccn1S(=O)(=O)c1ccc(C)cc1)[N+](=O)[O-]. The van der Waals surface area contributed by atoms with Crippen LogP contribution < -0.4 is 0 Å². The summed E-state index contributed by atoms with van der Waals surface area (Å²) in [5.41, 5.74) is 0.341. The van der Waals surface area contributed by atoms with Crippen molar-refractivity contribution in [2.24, 2.45) is 5.41 Å². The number of ketones is 1. The number of aromatic nitrogens is 1. The van der Waals surface area contributed by atoms with E-state index in [0.29, 0.717) is 5.69 Å². The van der Waals surface area contributed by atoms with Gasteiger partial charge in [-0.2, -0.15) is 0 Å². The van der Waals surface area contributed by atoms with Crippen molar-refractivity contribution in [3.63, 3.8) is 0 Å². The van der Waals surface area contributed by atoms with Crippen molar-refractivity contribution < 1.29 is 18.1 Å². The zero-order valence-electron chi connectivity index (χ0n) is 15.9. The fraction of sp³-hybridized carbons (Fsp3) is 0.421. The van der Waals surface area contributed by atoms with Crippen LogP contribution in [0.15, 0.2) is 47.5 Å². The third-order valence-electron chi connectivity index (χ3n) is 4.63. The summed E-state index contributed by atoms with van der Waals surface area (Å²) in [6.07, 6.45) is 1.34. The molecule has 1 aromatic carbocycles. The molecule has 27 heavy (non-hydrogen) atoms. The number of aryl methyl sites for hydroxylation is 1. The predicted molar refractivity (Wildman–Crippen MR) is 102 cm³/mol. The zero-order valence-corrected chi connectivity index (χ0v) is 16.7. The Morgan fingerprint density at radius 2 is 1.81 bits per heavy atom. The second-order valence-corrected chi connectivity index (χ2v) is 9.30. The first-order chi connectivity index (χ1) is 12.4. The summed E-state index contributed by atoms with van der Waals surface area (Å²) >= 11 is 0. The largest absolute Gasteiger partial charge is 0.300 e. The Balaban J connectivity index is 2.41.